The van der Waals surface area contributed by atoms with Crippen LogP contribution in [0.15, 0.2) is 18.2 Å². The number of hydrogen-bond donors (Lipinski definition) is 1. The number of halogens is 2. The Morgan fingerprint density at radius 2 is 2.17 bits per heavy atom. The van der Waals surface area contributed by atoms with Gasteiger partial charge in [-0.3, -0.25) is 0 Å². The van der Waals surface area contributed by atoms with E-state index in [1.54, 1.807) is 18.2 Å². The molecular weight excluding hydrogens is 197 g/mol. The highest BCUT2D eigenvalue weighted by Crippen LogP contribution is 2.25. The fraction of sp³-hybridized carbons (Fsp3) is 0.250. The van der Waals surface area contributed by atoms with Gasteiger partial charge >= 0.3 is 0 Å². The van der Waals surface area contributed by atoms with E-state index >= 15 is 0 Å². The van der Waals surface area contributed by atoms with Crippen molar-refractivity contribution in [3.63, 3.8) is 0 Å². The molecule has 0 aliphatic rings. The van der Waals surface area contributed by atoms with Crippen molar-refractivity contribution in [1.29, 1.82) is 0 Å². The second-order valence-corrected chi connectivity index (χ2v) is 2.53. The molecule has 0 saturated carbocycles. The van der Waals surface area contributed by atoms with Gasteiger partial charge in [0.2, 0.25) is 0 Å². The molecule has 0 heterocycles. The first-order valence-electron chi connectivity index (χ1n) is 3.42. The van der Waals surface area contributed by atoms with Gasteiger partial charge in [0.25, 0.3) is 0 Å². The minimum atomic E-state index is 0. The normalized spacial score (nSPS) is 8.83. The molecule has 0 bridgehead atoms. The Morgan fingerprint density at radius 1 is 1.50 bits per heavy atom. The topological polar surface area (TPSA) is 35.2 Å². The second-order valence-electron chi connectivity index (χ2n) is 2.12. The molecular formula is C8H11Cl2NO. The van der Waals surface area contributed by atoms with Crippen molar-refractivity contribution in [2.24, 2.45) is 0 Å². The summed E-state index contributed by atoms with van der Waals surface area (Å²) in [4.78, 5) is 0. The number of hydrogen-bond acceptors (Lipinski definition) is 2. The van der Waals surface area contributed by atoms with Gasteiger partial charge in [0.1, 0.15) is 5.75 Å². The van der Waals surface area contributed by atoms with E-state index in [2.05, 4.69) is 0 Å². The van der Waals surface area contributed by atoms with Crippen LogP contribution >= 0.6 is 24.0 Å². The van der Waals surface area contributed by atoms with Crippen LogP contribution in [-0.4, -0.2) is 6.61 Å². The van der Waals surface area contributed by atoms with Gasteiger partial charge in [0, 0.05) is 5.69 Å². The number of benzene rings is 1. The van der Waals surface area contributed by atoms with Crippen LogP contribution in [0.25, 0.3) is 0 Å². The van der Waals surface area contributed by atoms with E-state index in [1.807, 2.05) is 6.92 Å². The van der Waals surface area contributed by atoms with E-state index in [1.165, 1.54) is 0 Å². The van der Waals surface area contributed by atoms with Gasteiger partial charge in [-0.25, -0.2) is 0 Å². The maximum Gasteiger partial charge on any atom is 0.138 e. The highest BCUT2D eigenvalue weighted by molar-refractivity contribution is 6.32. The Labute approximate surface area is 83.1 Å². The first-order valence-corrected chi connectivity index (χ1v) is 3.79. The zero-order valence-corrected chi connectivity index (χ0v) is 8.28. The summed E-state index contributed by atoms with van der Waals surface area (Å²) >= 11 is 5.80. The zero-order chi connectivity index (χ0) is 8.27. The van der Waals surface area contributed by atoms with Crippen LogP contribution in [0.1, 0.15) is 6.92 Å². The predicted molar refractivity (Wildman–Crippen MR) is 54.3 cm³/mol. The van der Waals surface area contributed by atoms with Crippen molar-refractivity contribution in [2.75, 3.05) is 12.3 Å². The van der Waals surface area contributed by atoms with Gasteiger partial charge in [0.15, 0.2) is 0 Å². The third-order valence-electron chi connectivity index (χ3n) is 1.26. The molecule has 12 heavy (non-hydrogen) atoms. The van der Waals surface area contributed by atoms with Crippen LogP contribution < -0.4 is 10.5 Å². The molecule has 0 unspecified atom stereocenters. The van der Waals surface area contributed by atoms with Crippen molar-refractivity contribution in [3.8, 4) is 5.75 Å². The highest BCUT2D eigenvalue weighted by Gasteiger charge is 1.99. The lowest BCUT2D eigenvalue weighted by atomic mass is 10.3. The first kappa shape index (κ1) is 11.4. The van der Waals surface area contributed by atoms with Crippen molar-refractivity contribution < 1.29 is 4.74 Å². The third-order valence-corrected chi connectivity index (χ3v) is 1.55. The standard InChI is InChI=1S/C8H10ClNO.ClH/c1-2-11-8-4-3-6(10)5-7(8)9;/h3-5H,2,10H2,1H3;1H. The molecule has 68 valence electrons. The molecule has 0 fully saturated rings. The molecule has 1 aromatic rings. The third kappa shape index (κ3) is 2.80. The van der Waals surface area contributed by atoms with Crippen molar-refractivity contribution in [2.45, 2.75) is 6.92 Å². The average molecular weight is 208 g/mol. The van der Waals surface area contributed by atoms with Gasteiger partial charge in [-0.2, -0.15) is 0 Å². The van der Waals surface area contributed by atoms with Crippen molar-refractivity contribution in [3.05, 3.63) is 23.2 Å². The zero-order valence-electron chi connectivity index (χ0n) is 6.71. The predicted octanol–water partition coefficient (Wildman–Crippen LogP) is 2.74. The van der Waals surface area contributed by atoms with Crippen molar-refractivity contribution in [1.82, 2.24) is 0 Å². The van der Waals surface area contributed by atoms with Crippen LogP contribution in [0.5, 0.6) is 5.75 Å². The lowest BCUT2D eigenvalue weighted by molar-refractivity contribution is 0.340. The molecule has 0 aliphatic carbocycles. The molecule has 0 saturated heterocycles. The van der Waals surface area contributed by atoms with Crippen LogP contribution in [0.3, 0.4) is 0 Å². The van der Waals surface area contributed by atoms with Gasteiger partial charge in [0.05, 0.1) is 11.6 Å². The molecule has 0 atom stereocenters. The molecule has 2 nitrogen and oxygen atoms in total. The number of rotatable bonds is 2. The molecule has 0 radical (unpaired) electrons. The number of anilines is 1. The molecule has 0 spiro atoms. The number of ether oxygens (including phenoxy) is 1. The summed E-state index contributed by atoms with van der Waals surface area (Å²) < 4.78 is 5.20. The second kappa shape index (κ2) is 5.12. The van der Waals surface area contributed by atoms with Gasteiger partial charge in [-0.15, -0.1) is 12.4 Å². The summed E-state index contributed by atoms with van der Waals surface area (Å²) in [5.74, 6) is 0.684. The fourth-order valence-corrected chi connectivity index (χ4v) is 1.03. The van der Waals surface area contributed by atoms with Crippen LogP contribution in [-0.2, 0) is 0 Å². The fourth-order valence-electron chi connectivity index (χ4n) is 0.790. The maximum absolute atomic E-state index is 5.80. The molecule has 1 aromatic carbocycles. The Kier molecular flexibility index (Phi) is 4.86. The first-order chi connectivity index (χ1) is 5.24. The molecule has 0 aromatic heterocycles. The van der Waals surface area contributed by atoms with Crippen LogP contribution in [0, 0.1) is 0 Å². The van der Waals surface area contributed by atoms with E-state index < -0.39 is 0 Å². The van der Waals surface area contributed by atoms with Crippen LogP contribution in [0.4, 0.5) is 5.69 Å². The quantitative estimate of drug-likeness (QED) is 0.758. The number of nitrogens with two attached hydrogens (primary N) is 1. The monoisotopic (exact) mass is 207 g/mol. The smallest absolute Gasteiger partial charge is 0.138 e. The van der Waals surface area contributed by atoms with E-state index in [0.717, 1.165) is 0 Å². The molecule has 0 amide bonds. The largest absolute Gasteiger partial charge is 0.492 e. The van der Waals surface area contributed by atoms with E-state index in [4.69, 9.17) is 22.1 Å². The summed E-state index contributed by atoms with van der Waals surface area (Å²) in [6, 6.07) is 5.20. The van der Waals surface area contributed by atoms with Crippen molar-refractivity contribution >= 4 is 29.7 Å². The highest BCUT2D eigenvalue weighted by atomic mass is 35.5. The summed E-state index contributed by atoms with van der Waals surface area (Å²) in [5, 5.41) is 0.562. The molecule has 1 rings (SSSR count). The Balaban J connectivity index is 0.00000121. The lowest BCUT2D eigenvalue weighted by Crippen LogP contribution is -1.93. The molecule has 4 heteroatoms. The Hall–Kier alpha value is -0.600. The SMILES string of the molecule is CCOc1ccc(N)cc1Cl.Cl. The summed E-state index contributed by atoms with van der Waals surface area (Å²) in [6.45, 7) is 2.52. The van der Waals surface area contributed by atoms with Crippen LogP contribution in [0.2, 0.25) is 5.02 Å². The molecule has 2 N–H and O–H groups in total. The van der Waals surface area contributed by atoms with E-state index in [-0.39, 0.29) is 12.4 Å². The number of nitrogen functional groups attached to an aromatic ring is 1. The Bertz CT molecular complexity index is 253. The average Bonchev–Trinajstić information content (AvgIpc) is 1.95. The summed E-state index contributed by atoms with van der Waals surface area (Å²) in [5.41, 5.74) is 6.14. The Morgan fingerprint density at radius 3 is 2.67 bits per heavy atom. The van der Waals surface area contributed by atoms with Gasteiger partial charge in [-0.1, -0.05) is 11.6 Å². The summed E-state index contributed by atoms with van der Waals surface area (Å²) in [7, 11) is 0. The van der Waals surface area contributed by atoms with Gasteiger partial charge < -0.3 is 10.5 Å². The van der Waals surface area contributed by atoms with E-state index in [0.29, 0.717) is 23.1 Å². The molecule has 0 aliphatic heterocycles. The minimum absolute atomic E-state index is 0. The van der Waals surface area contributed by atoms with Gasteiger partial charge in [-0.05, 0) is 25.1 Å². The minimum Gasteiger partial charge on any atom is -0.492 e. The van der Waals surface area contributed by atoms with E-state index in [9.17, 15) is 0 Å². The summed E-state index contributed by atoms with van der Waals surface area (Å²) in [6.07, 6.45) is 0. The maximum atomic E-state index is 5.80. The lowest BCUT2D eigenvalue weighted by Gasteiger charge is -2.04.